The summed E-state index contributed by atoms with van der Waals surface area (Å²) in [4.78, 5) is 0.0101. The van der Waals surface area contributed by atoms with Gasteiger partial charge in [-0.25, -0.2) is 0 Å². The van der Waals surface area contributed by atoms with Crippen LogP contribution in [0.4, 0.5) is 0 Å². The van der Waals surface area contributed by atoms with E-state index in [1.54, 1.807) is 6.07 Å². The molecule has 0 unspecified atom stereocenters. The minimum absolute atomic E-state index is 0.0101. The first-order chi connectivity index (χ1) is 10.5. The predicted molar refractivity (Wildman–Crippen MR) is 96.0 cm³/mol. The number of fused-ring (bicyclic) bond motifs is 1. The summed E-state index contributed by atoms with van der Waals surface area (Å²) in [6.07, 6.45) is 0. The SMILES string of the molecule is CC(C)c1cc(S(=O)(=O)O)c2cc(C(C)C)c(C(C)C)cc2c1. The molecule has 0 aliphatic heterocycles. The zero-order chi connectivity index (χ0) is 17.5. The van der Waals surface area contributed by atoms with Crippen molar-refractivity contribution in [1.82, 2.24) is 0 Å². The number of rotatable bonds is 4. The second-order valence-electron chi connectivity index (χ2n) is 7.16. The molecule has 4 heteroatoms. The monoisotopic (exact) mass is 334 g/mol. The van der Waals surface area contributed by atoms with Crippen LogP contribution in [-0.2, 0) is 10.1 Å². The van der Waals surface area contributed by atoms with Crippen LogP contribution in [0.3, 0.4) is 0 Å². The largest absolute Gasteiger partial charge is 0.295 e. The maximum absolute atomic E-state index is 11.9. The molecule has 0 saturated heterocycles. The van der Waals surface area contributed by atoms with Gasteiger partial charge in [0.2, 0.25) is 0 Å². The summed E-state index contributed by atoms with van der Waals surface area (Å²) in [6.45, 7) is 12.5. The molecule has 0 fully saturated rings. The Bertz CT molecular complexity index is 831. The second kappa shape index (κ2) is 6.25. The van der Waals surface area contributed by atoms with Gasteiger partial charge in [0.1, 0.15) is 4.90 Å². The van der Waals surface area contributed by atoms with Gasteiger partial charge in [-0.1, -0.05) is 53.7 Å². The molecule has 3 nitrogen and oxygen atoms in total. The van der Waals surface area contributed by atoms with E-state index >= 15 is 0 Å². The topological polar surface area (TPSA) is 54.4 Å². The Morgan fingerprint density at radius 3 is 1.74 bits per heavy atom. The number of hydrogen-bond donors (Lipinski definition) is 1. The summed E-state index contributed by atoms with van der Waals surface area (Å²) in [7, 11) is -4.26. The van der Waals surface area contributed by atoms with E-state index in [9.17, 15) is 13.0 Å². The fraction of sp³-hybridized carbons (Fsp3) is 0.474. The molecule has 2 aromatic carbocycles. The van der Waals surface area contributed by atoms with Crippen LogP contribution in [0.1, 0.15) is 76.0 Å². The van der Waals surface area contributed by atoms with Gasteiger partial charge in [0.25, 0.3) is 10.1 Å². The summed E-state index contributed by atoms with van der Waals surface area (Å²) in [5.41, 5.74) is 3.28. The van der Waals surface area contributed by atoms with Gasteiger partial charge in [-0.15, -0.1) is 0 Å². The van der Waals surface area contributed by atoms with Crippen molar-refractivity contribution in [2.24, 2.45) is 0 Å². The molecule has 0 radical (unpaired) electrons. The maximum atomic E-state index is 11.9. The summed E-state index contributed by atoms with van der Waals surface area (Å²) >= 11 is 0. The fourth-order valence-corrected chi connectivity index (χ4v) is 3.72. The van der Waals surface area contributed by atoms with E-state index in [0.29, 0.717) is 11.3 Å². The zero-order valence-corrected chi connectivity index (χ0v) is 15.5. The summed E-state index contributed by atoms with van der Waals surface area (Å²) in [5.74, 6) is 0.830. The molecular formula is C19H26O3S. The predicted octanol–water partition coefficient (Wildman–Crippen LogP) is 5.46. The second-order valence-corrected chi connectivity index (χ2v) is 8.55. The van der Waals surface area contributed by atoms with Crippen LogP contribution >= 0.6 is 0 Å². The highest BCUT2D eigenvalue weighted by molar-refractivity contribution is 7.86. The average molecular weight is 334 g/mol. The average Bonchev–Trinajstić information content (AvgIpc) is 2.43. The summed E-state index contributed by atoms with van der Waals surface area (Å²) < 4.78 is 33.4. The van der Waals surface area contributed by atoms with Crippen molar-refractivity contribution in [3.05, 3.63) is 41.0 Å². The summed E-state index contributed by atoms with van der Waals surface area (Å²) in [6, 6.07) is 7.64. The van der Waals surface area contributed by atoms with Crippen LogP contribution in [0.2, 0.25) is 0 Å². The molecule has 0 saturated carbocycles. The minimum Gasteiger partial charge on any atom is -0.282 e. The zero-order valence-electron chi connectivity index (χ0n) is 14.7. The quantitative estimate of drug-likeness (QED) is 0.756. The lowest BCUT2D eigenvalue weighted by molar-refractivity contribution is 0.484. The van der Waals surface area contributed by atoms with E-state index in [2.05, 4.69) is 33.8 Å². The molecule has 2 rings (SSSR count). The molecule has 2 aromatic rings. The first-order valence-corrected chi connectivity index (χ1v) is 9.55. The highest BCUT2D eigenvalue weighted by atomic mass is 32.2. The molecule has 0 amide bonds. The van der Waals surface area contributed by atoms with Crippen LogP contribution in [0.25, 0.3) is 10.8 Å². The van der Waals surface area contributed by atoms with Crippen molar-refractivity contribution in [1.29, 1.82) is 0 Å². The Balaban J connectivity index is 2.96. The van der Waals surface area contributed by atoms with Gasteiger partial charge in [0, 0.05) is 5.39 Å². The Kier molecular flexibility index (Phi) is 4.88. The molecule has 126 valence electrons. The van der Waals surface area contributed by atoms with Crippen molar-refractivity contribution >= 4 is 20.9 Å². The van der Waals surface area contributed by atoms with E-state index in [4.69, 9.17) is 0 Å². The van der Waals surface area contributed by atoms with E-state index < -0.39 is 10.1 Å². The molecule has 0 aliphatic rings. The van der Waals surface area contributed by atoms with Crippen molar-refractivity contribution in [2.75, 3.05) is 0 Å². The smallest absolute Gasteiger partial charge is 0.282 e. The third-order valence-corrected chi connectivity index (χ3v) is 5.22. The van der Waals surface area contributed by atoms with Gasteiger partial charge in [-0.3, -0.25) is 4.55 Å². The molecule has 23 heavy (non-hydrogen) atoms. The van der Waals surface area contributed by atoms with Gasteiger partial charge in [-0.2, -0.15) is 8.42 Å². The van der Waals surface area contributed by atoms with Crippen molar-refractivity contribution in [3.8, 4) is 0 Å². The molecule has 0 atom stereocenters. The lowest BCUT2D eigenvalue weighted by atomic mass is 9.87. The van der Waals surface area contributed by atoms with Gasteiger partial charge >= 0.3 is 0 Å². The third-order valence-electron chi connectivity index (χ3n) is 4.33. The first-order valence-electron chi connectivity index (χ1n) is 8.11. The van der Waals surface area contributed by atoms with E-state index in [0.717, 1.165) is 16.5 Å². The van der Waals surface area contributed by atoms with Crippen molar-refractivity contribution in [2.45, 2.75) is 64.2 Å². The molecule has 0 bridgehead atoms. The standard InChI is InChI=1S/C19H26O3S/c1-11(2)14-7-15-8-16(12(3)4)17(13(5)6)10-18(15)19(9-14)23(20,21)22/h7-13H,1-6H3,(H,20,21,22). The van der Waals surface area contributed by atoms with E-state index in [1.165, 1.54) is 5.56 Å². The van der Waals surface area contributed by atoms with Gasteiger partial charge < -0.3 is 0 Å². The highest BCUT2D eigenvalue weighted by Gasteiger charge is 2.20. The van der Waals surface area contributed by atoms with Crippen LogP contribution in [0.5, 0.6) is 0 Å². The maximum Gasteiger partial charge on any atom is 0.295 e. The lowest BCUT2D eigenvalue weighted by Crippen LogP contribution is -2.04. The lowest BCUT2D eigenvalue weighted by Gasteiger charge is -2.19. The van der Waals surface area contributed by atoms with Crippen molar-refractivity contribution < 1.29 is 13.0 Å². The van der Waals surface area contributed by atoms with E-state index in [1.807, 2.05) is 26.0 Å². The molecule has 0 heterocycles. The van der Waals surface area contributed by atoms with Crippen LogP contribution < -0.4 is 0 Å². The highest BCUT2D eigenvalue weighted by Crippen LogP contribution is 2.35. The van der Waals surface area contributed by atoms with Gasteiger partial charge in [0.15, 0.2) is 0 Å². The van der Waals surface area contributed by atoms with Gasteiger partial charge in [0.05, 0.1) is 0 Å². The Hall–Kier alpha value is -1.39. The Labute approximate surface area is 139 Å². The van der Waals surface area contributed by atoms with Crippen molar-refractivity contribution in [3.63, 3.8) is 0 Å². The van der Waals surface area contributed by atoms with E-state index in [-0.39, 0.29) is 16.7 Å². The Morgan fingerprint density at radius 1 is 0.783 bits per heavy atom. The summed E-state index contributed by atoms with van der Waals surface area (Å²) in [5, 5.41) is 1.47. The minimum atomic E-state index is -4.26. The molecule has 0 spiro atoms. The molecular weight excluding hydrogens is 308 g/mol. The third kappa shape index (κ3) is 3.59. The number of benzene rings is 2. The normalized spacial score (nSPS) is 12.8. The fourth-order valence-electron chi connectivity index (χ4n) is 2.98. The first kappa shape index (κ1) is 18.0. The Morgan fingerprint density at radius 2 is 1.30 bits per heavy atom. The van der Waals surface area contributed by atoms with Crippen LogP contribution in [0.15, 0.2) is 29.2 Å². The molecule has 0 aliphatic carbocycles. The molecule has 0 aromatic heterocycles. The van der Waals surface area contributed by atoms with Crippen LogP contribution in [0, 0.1) is 0 Å². The van der Waals surface area contributed by atoms with Crippen LogP contribution in [-0.4, -0.2) is 13.0 Å². The molecule has 1 N–H and O–H groups in total. The number of hydrogen-bond acceptors (Lipinski definition) is 2. The van der Waals surface area contributed by atoms with Gasteiger partial charge in [-0.05, 0) is 52.0 Å².